The number of nitrogens with one attached hydrogen (secondary N) is 2. The molecule has 3 nitrogen and oxygen atoms in total. The second kappa shape index (κ2) is 6.72. The van der Waals surface area contributed by atoms with Gasteiger partial charge in [0.05, 0.1) is 11.7 Å². The van der Waals surface area contributed by atoms with Crippen LogP contribution < -0.4 is 10.6 Å². The smallest absolute Gasteiger partial charge is 0.171 e. The number of hydrogen-bond donors (Lipinski definition) is 2. The van der Waals surface area contributed by atoms with Crippen LogP contribution in [0.15, 0.2) is 48.0 Å². The number of carbonyl (C=O) groups excluding carboxylic acids is 1. The van der Waals surface area contributed by atoms with Gasteiger partial charge in [0.2, 0.25) is 0 Å². The fraction of sp³-hybridized carbons (Fsp3) is 0.158. The van der Waals surface area contributed by atoms with Crippen molar-refractivity contribution in [2.24, 2.45) is 0 Å². The molecule has 128 valence electrons. The minimum absolute atomic E-state index is 0.167. The first-order chi connectivity index (χ1) is 11.9. The van der Waals surface area contributed by atoms with Crippen LogP contribution in [0.4, 0.5) is 8.78 Å². The molecule has 1 aliphatic heterocycles. The van der Waals surface area contributed by atoms with Crippen LogP contribution in [-0.2, 0) is 4.79 Å². The molecule has 1 atom stereocenters. The van der Waals surface area contributed by atoms with Gasteiger partial charge in [0.25, 0.3) is 0 Å². The third-order valence-corrected chi connectivity index (χ3v) is 4.28. The molecule has 2 aromatic rings. The minimum atomic E-state index is -0.789. The van der Waals surface area contributed by atoms with Crippen LogP contribution in [0.5, 0.6) is 0 Å². The fourth-order valence-electron chi connectivity index (χ4n) is 2.86. The van der Waals surface area contributed by atoms with E-state index in [1.54, 1.807) is 0 Å². The van der Waals surface area contributed by atoms with Crippen LogP contribution in [0.1, 0.15) is 29.7 Å². The zero-order valence-electron chi connectivity index (χ0n) is 13.7. The first-order valence-electron chi connectivity index (χ1n) is 7.71. The maximum Gasteiger partial charge on any atom is 0.171 e. The summed E-state index contributed by atoms with van der Waals surface area (Å²) in [4.78, 5) is 12.3. The van der Waals surface area contributed by atoms with Crippen molar-refractivity contribution in [3.63, 3.8) is 0 Å². The third-order valence-electron chi connectivity index (χ3n) is 4.07. The summed E-state index contributed by atoms with van der Waals surface area (Å²) in [5, 5.41) is 6.18. The molecule has 6 heteroatoms. The Hall–Kier alpha value is -2.60. The second-order valence-electron chi connectivity index (χ2n) is 5.91. The molecule has 0 radical (unpaired) electrons. The Bertz CT molecular complexity index is 891. The summed E-state index contributed by atoms with van der Waals surface area (Å²) in [5.74, 6) is -1.64. The summed E-state index contributed by atoms with van der Waals surface area (Å²) < 4.78 is 27.6. The van der Waals surface area contributed by atoms with Gasteiger partial charge < -0.3 is 10.6 Å². The van der Waals surface area contributed by atoms with E-state index < -0.39 is 17.7 Å². The molecule has 0 saturated carbocycles. The van der Waals surface area contributed by atoms with Crippen LogP contribution in [0.25, 0.3) is 5.70 Å². The van der Waals surface area contributed by atoms with Gasteiger partial charge in [0.1, 0.15) is 11.6 Å². The molecule has 2 aromatic carbocycles. The molecule has 1 aliphatic rings. The molecule has 0 spiro atoms. The highest BCUT2D eigenvalue weighted by atomic mass is 32.1. The lowest BCUT2D eigenvalue weighted by Crippen LogP contribution is -2.44. The lowest BCUT2D eigenvalue weighted by molar-refractivity contribution is -0.113. The van der Waals surface area contributed by atoms with E-state index in [0.717, 1.165) is 23.3 Å². The average Bonchev–Trinajstić information content (AvgIpc) is 2.54. The highest BCUT2D eigenvalue weighted by Gasteiger charge is 2.31. The van der Waals surface area contributed by atoms with Crippen molar-refractivity contribution < 1.29 is 13.6 Å². The molecule has 0 aliphatic carbocycles. The van der Waals surface area contributed by atoms with Crippen molar-refractivity contribution >= 4 is 28.8 Å². The average molecular weight is 358 g/mol. The monoisotopic (exact) mass is 358 g/mol. The van der Waals surface area contributed by atoms with Gasteiger partial charge in [-0.05, 0) is 37.7 Å². The van der Waals surface area contributed by atoms with E-state index in [1.165, 1.54) is 13.0 Å². The first kappa shape index (κ1) is 17.2. The molecule has 0 aromatic heterocycles. The predicted molar refractivity (Wildman–Crippen MR) is 96.7 cm³/mol. The van der Waals surface area contributed by atoms with Crippen LogP contribution in [0, 0.1) is 18.6 Å². The Kier molecular flexibility index (Phi) is 4.63. The molecule has 3 rings (SSSR count). The molecular formula is C19H16F2N2OS. The molecule has 0 fully saturated rings. The molecule has 2 N–H and O–H groups in total. The standard InChI is InChI=1S/C19H16F2N2OS/c1-10-3-5-12(6-4-10)17-16(11(2)24)18(23-19(25)22-17)14-8-7-13(20)9-15(14)21/h3-9,18H,1-2H3,(H2,22,23,25)/t18-/m0/s1. The number of hydrogen-bond acceptors (Lipinski definition) is 2. The Morgan fingerprint density at radius 2 is 1.80 bits per heavy atom. The molecule has 0 bridgehead atoms. The predicted octanol–water partition coefficient (Wildman–Crippen LogP) is 3.79. The van der Waals surface area contributed by atoms with Crippen LogP contribution in [0.2, 0.25) is 0 Å². The van der Waals surface area contributed by atoms with E-state index in [9.17, 15) is 13.6 Å². The number of aryl methyl sites for hydroxylation is 1. The van der Waals surface area contributed by atoms with E-state index >= 15 is 0 Å². The van der Waals surface area contributed by atoms with Gasteiger partial charge in [0.15, 0.2) is 10.9 Å². The van der Waals surface area contributed by atoms with Crippen molar-refractivity contribution in [2.45, 2.75) is 19.9 Å². The van der Waals surface area contributed by atoms with Gasteiger partial charge in [-0.1, -0.05) is 35.9 Å². The van der Waals surface area contributed by atoms with Crippen LogP contribution in [0.3, 0.4) is 0 Å². The van der Waals surface area contributed by atoms with E-state index in [0.29, 0.717) is 11.3 Å². The highest BCUT2D eigenvalue weighted by molar-refractivity contribution is 7.80. The van der Waals surface area contributed by atoms with Crippen molar-refractivity contribution in [3.05, 3.63) is 76.4 Å². The SMILES string of the molecule is CC(=O)C1=C(c2ccc(C)cc2)NC(=S)N[C@H]1c1ccc(F)cc1F. The number of halogens is 2. The maximum atomic E-state index is 14.3. The molecule has 0 unspecified atom stereocenters. The largest absolute Gasteiger partial charge is 0.351 e. The summed E-state index contributed by atoms with van der Waals surface area (Å²) in [5.41, 5.74) is 2.89. The van der Waals surface area contributed by atoms with Crippen molar-refractivity contribution in [2.75, 3.05) is 0 Å². The van der Waals surface area contributed by atoms with Gasteiger partial charge in [-0.25, -0.2) is 8.78 Å². The Morgan fingerprint density at radius 1 is 1.12 bits per heavy atom. The molecule has 0 saturated heterocycles. The van der Waals surface area contributed by atoms with Gasteiger partial charge in [-0.2, -0.15) is 0 Å². The van der Waals surface area contributed by atoms with Crippen molar-refractivity contribution in [1.29, 1.82) is 0 Å². The third kappa shape index (κ3) is 3.44. The topological polar surface area (TPSA) is 41.1 Å². The normalized spacial score (nSPS) is 17.1. The quantitative estimate of drug-likeness (QED) is 0.819. The maximum absolute atomic E-state index is 14.3. The van der Waals surface area contributed by atoms with Crippen molar-refractivity contribution in [1.82, 2.24) is 10.6 Å². The Labute approximate surface area is 149 Å². The fourth-order valence-corrected chi connectivity index (χ4v) is 3.08. The summed E-state index contributed by atoms with van der Waals surface area (Å²) in [6.07, 6.45) is 0. The first-order valence-corrected chi connectivity index (χ1v) is 8.12. The van der Waals surface area contributed by atoms with E-state index in [-0.39, 0.29) is 16.5 Å². The van der Waals surface area contributed by atoms with E-state index in [4.69, 9.17) is 12.2 Å². The summed E-state index contributed by atoms with van der Waals surface area (Å²) in [6.45, 7) is 3.37. The minimum Gasteiger partial charge on any atom is -0.351 e. The zero-order valence-corrected chi connectivity index (χ0v) is 14.5. The summed E-state index contributed by atoms with van der Waals surface area (Å²) in [7, 11) is 0. The number of carbonyl (C=O) groups is 1. The lowest BCUT2D eigenvalue weighted by Gasteiger charge is -2.31. The summed E-state index contributed by atoms with van der Waals surface area (Å²) >= 11 is 5.23. The van der Waals surface area contributed by atoms with E-state index in [2.05, 4.69) is 10.6 Å². The van der Waals surface area contributed by atoms with Gasteiger partial charge >= 0.3 is 0 Å². The molecule has 25 heavy (non-hydrogen) atoms. The lowest BCUT2D eigenvalue weighted by atomic mass is 9.90. The van der Waals surface area contributed by atoms with Crippen LogP contribution >= 0.6 is 12.2 Å². The second-order valence-corrected chi connectivity index (χ2v) is 6.32. The van der Waals surface area contributed by atoms with Gasteiger partial charge in [-0.15, -0.1) is 0 Å². The summed E-state index contributed by atoms with van der Waals surface area (Å²) in [6, 6.07) is 10.1. The number of thiocarbonyl (C=S) groups is 1. The highest BCUT2D eigenvalue weighted by Crippen LogP contribution is 2.33. The van der Waals surface area contributed by atoms with Crippen molar-refractivity contribution in [3.8, 4) is 0 Å². The zero-order chi connectivity index (χ0) is 18.1. The number of Topliss-reactive ketones (excluding diaryl/α,β-unsaturated/α-hetero) is 1. The van der Waals surface area contributed by atoms with Crippen LogP contribution in [-0.4, -0.2) is 10.9 Å². The Balaban J connectivity index is 2.20. The molecular weight excluding hydrogens is 342 g/mol. The van der Waals surface area contributed by atoms with Gasteiger partial charge in [0, 0.05) is 17.2 Å². The molecule has 0 amide bonds. The number of rotatable bonds is 3. The Morgan fingerprint density at radius 3 is 2.40 bits per heavy atom. The van der Waals surface area contributed by atoms with Gasteiger partial charge in [-0.3, -0.25) is 4.79 Å². The van der Waals surface area contributed by atoms with E-state index in [1.807, 2.05) is 31.2 Å². The number of benzene rings is 2. The molecule has 1 heterocycles. The number of ketones is 1.